The van der Waals surface area contributed by atoms with E-state index in [1.807, 2.05) is 0 Å². The third-order valence-corrected chi connectivity index (χ3v) is 2.28. The molecule has 5 nitrogen and oxygen atoms in total. The van der Waals surface area contributed by atoms with Crippen LogP contribution < -0.4 is 16.4 Å². The van der Waals surface area contributed by atoms with Gasteiger partial charge in [-0.3, -0.25) is 9.59 Å². The van der Waals surface area contributed by atoms with Gasteiger partial charge in [-0.25, -0.2) is 0 Å². The van der Waals surface area contributed by atoms with Gasteiger partial charge in [-0.05, 0) is 25.1 Å². The van der Waals surface area contributed by atoms with E-state index in [1.165, 1.54) is 12.1 Å². The lowest BCUT2D eigenvalue weighted by molar-refractivity contribution is -0.120. The number of benzene rings is 1. The zero-order valence-electron chi connectivity index (χ0n) is 9.42. The van der Waals surface area contributed by atoms with Crippen molar-refractivity contribution >= 4 is 29.1 Å². The average Bonchev–Trinajstić information content (AvgIpc) is 2.26. The van der Waals surface area contributed by atoms with Crippen LogP contribution in [0.1, 0.15) is 17.3 Å². The summed E-state index contributed by atoms with van der Waals surface area (Å²) in [5.74, 6) is -0.640. The predicted molar refractivity (Wildman–Crippen MR) is 66.9 cm³/mol. The molecule has 0 aromatic heterocycles. The summed E-state index contributed by atoms with van der Waals surface area (Å²) < 4.78 is 0. The lowest BCUT2D eigenvalue weighted by Gasteiger charge is -2.07. The molecular formula is C11H14ClN3O2. The Balaban J connectivity index is 2.61. The summed E-state index contributed by atoms with van der Waals surface area (Å²) in [6.07, 6.45) is 0. The number of hydrogen-bond acceptors (Lipinski definition) is 3. The number of amides is 2. The number of carbonyl (C=O) groups excluding carboxylic acids is 2. The van der Waals surface area contributed by atoms with Crippen LogP contribution >= 0.6 is 11.6 Å². The molecule has 0 aliphatic carbocycles. The first-order chi connectivity index (χ1) is 8.04. The van der Waals surface area contributed by atoms with Crippen molar-refractivity contribution in [1.82, 2.24) is 10.6 Å². The van der Waals surface area contributed by atoms with Crippen molar-refractivity contribution in [2.75, 3.05) is 18.8 Å². The number of carbonyl (C=O) groups is 2. The van der Waals surface area contributed by atoms with Crippen molar-refractivity contribution in [3.8, 4) is 0 Å². The van der Waals surface area contributed by atoms with E-state index in [9.17, 15) is 9.59 Å². The molecule has 6 heteroatoms. The Morgan fingerprint density at radius 3 is 2.65 bits per heavy atom. The van der Waals surface area contributed by atoms with Crippen molar-refractivity contribution < 1.29 is 9.59 Å². The maximum absolute atomic E-state index is 11.7. The van der Waals surface area contributed by atoms with Crippen LogP contribution in [0.3, 0.4) is 0 Å². The predicted octanol–water partition coefficient (Wildman–Crippen LogP) is 0.788. The molecule has 0 aliphatic rings. The van der Waals surface area contributed by atoms with Gasteiger partial charge in [0.1, 0.15) is 0 Å². The first kappa shape index (κ1) is 13.3. The van der Waals surface area contributed by atoms with E-state index < -0.39 is 5.91 Å². The molecule has 0 aliphatic heterocycles. The van der Waals surface area contributed by atoms with Gasteiger partial charge in [0, 0.05) is 17.3 Å². The van der Waals surface area contributed by atoms with Crippen LogP contribution in [-0.2, 0) is 4.79 Å². The second kappa shape index (κ2) is 6.10. The fraction of sp³-hybridized carbons (Fsp3) is 0.273. The maximum atomic E-state index is 11.7. The zero-order valence-corrected chi connectivity index (χ0v) is 10.2. The van der Waals surface area contributed by atoms with Gasteiger partial charge < -0.3 is 16.4 Å². The molecule has 1 aromatic carbocycles. The summed E-state index contributed by atoms with van der Waals surface area (Å²) in [7, 11) is 0. The Kier molecular flexibility index (Phi) is 4.78. The number of nitrogens with one attached hydrogen (secondary N) is 2. The summed E-state index contributed by atoms with van der Waals surface area (Å²) in [5.41, 5.74) is 6.23. The SMILES string of the molecule is CCNC(=O)CNC(=O)c1ccc(Cl)cc1N. The van der Waals surface area contributed by atoms with Crippen LogP contribution in [-0.4, -0.2) is 24.9 Å². The highest BCUT2D eigenvalue weighted by Gasteiger charge is 2.10. The summed E-state index contributed by atoms with van der Waals surface area (Å²) in [5, 5.41) is 5.50. The van der Waals surface area contributed by atoms with E-state index in [0.717, 1.165) is 0 Å². The molecule has 0 spiro atoms. The van der Waals surface area contributed by atoms with Crippen molar-refractivity contribution in [1.29, 1.82) is 0 Å². The van der Waals surface area contributed by atoms with Crippen LogP contribution in [0.2, 0.25) is 5.02 Å². The standard InChI is InChI=1S/C11H14ClN3O2/c1-2-14-10(16)6-15-11(17)8-4-3-7(12)5-9(8)13/h3-5H,2,6,13H2,1H3,(H,14,16)(H,15,17). The first-order valence-corrected chi connectivity index (χ1v) is 5.52. The van der Waals surface area contributed by atoms with E-state index in [1.54, 1.807) is 13.0 Å². The highest BCUT2D eigenvalue weighted by molar-refractivity contribution is 6.31. The average molecular weight is 256 g/mol. The Bertz CT molecular complexity index is 435. The Hall–Kier alpha value is -1.75. The lowest BCUT2D eigenvalue weighted by atomic mass is 10.1. The van der Waals surface area contributed by atoms with Crippen LogP contribution in [0.5, 0.6) is 0 Å². The van der Waals surface area contributed by atoms with Crippen molar-refractivity contribution in [3.63, 3.8) is 0 Å². The molecule has 0 saturated carbocycles. The van der Waals surface area contributed by atoms with E-state index in [0.29, 0.717) is 17.1 Å². The number of nitrogen functional groups attached to an aromatic ring is 1. The third-order valence-electron chi connectivity index (χ3n) is 2.04. The number of rotatable bonds is 4. The van der Waals surface area contributed by atoms with E-state index >= 15 is 0 Å². The third kappa shape index (κ3) is 3.96. The molecule has 0 heterocycles. The topological polar surface area (TPSA) is 84.2 Å². The minimum absolute atomic E-state index is 0.0747. The fourth-order valence-corrected chi connectivity index (χ4v) is 1.44. The quantitative estimate of drug-likeness (QED) is 0.696. The number of hydrogen-bond donors (Lipinski definition) is 3. The molecule has 0 saturated heterocycles. The van der Waals surface area contributed by atoms with Gasteiger partial charge in [0.2, 0.25) is 5.91 Å². The van der Waals surface area contributed by atoms with Crippen molar-refractivity contribution in [2.45, 2.75) is 6.92 Å². The minimum atomic E-state index is -0.398. The molecule has 0 radical (unpaired) electrons. The second-order valence-corrected chi connectivity index (χ2v) is 3.80. The molecule has 2 amide bonds. The van der Waals surface area contributed by atoms with E-state index in [-0.39, 0.29) is 18.1 Å². The highest BCUT2D eigenvalue weighted by atomic mass is 35.5. The van der Waals surface area contributed by atoms with E-state index in [4.69, 9.17) is 17.3 Å². The molecule has 0 bridgehead atoms. The number of nitrogens with two attached hydrogens (primary N) is 1. The number of likely N-dealkylation sites (N-methyl/N-ethyl adjacent to an activating group) is 1. The summed E-state index contributed by atoms with van der Waals surface area (Å²) in [6, 6.07) is 4.58. The van der Waals surface area contributed by atoms with Crippen LogP contribution in [0.4, 0.5) is 5.69 Å². The minimum Gasteiger partial charge on any atom is -0.398 e. The largest absolute Gasteiger partial charge is 0.398 e. The molecule has 0 unspecified atom stereocenters. The van der Waals surface area contributed by atoms with Crippen LogP contribution in [0, 0.1) is 0 Å². The molecule has 17 heavy (non-hydrogen) atoms. The molecule has 1 rings (SSSR count). The molecule has 4 N–H and O–H groups in total. The Morgan fingerprint density at radius 1 is 1.35 bits per heavy atom. The number of halogens is 1. The van der Waals surface area contributed by atoms with Crippen molar-refractivity contribution in [3.05, 3.63) is 28.8 Å². The lowest BCUT2D eigenvalue weighted by Crippen LogP contribution is -2.36. The van der Waals surface area contributed by atoms with Gasteiger partial charge in [-0.1, -0.05) is 11.6 Å². The smallest absolute Gasteiger partial charge is 0.253 e. The summed E-state index contributed by atoms with van der Waals surface area (Å²) >= 11 is 5.71. The molecule has 92 valence electrons. The molecule has 0 atom stereocenters. The van der Waals surface area contributed by atoms with E-state index in [2.05, 4.69) is 10.6 Å². The molecule has 0 fully saturated rings. The monoisotopic (exact) mass is 255 g/mol. The zero-order chi connectivity index (χ0) is 12.8. The van der Waals surface area contributed by atoms with Gasteiger partial charge >= 0.3 is 0 Å². The normalized spacial score (nSPS) is 9.76. The van der Waals surface area contributed by atoms with Gasteiger partial charge in [0.25, 0.3) is 5.91 Å². The Morgan fingerprint density at radius 2 is 2.06 bits per heavy atom. The van der Waals surface area contributed by atoms with Gasteiger partial charge in [0.15, 0.2) is 0 Å². The van der Waals surface area contributed by atoms with Gasteiger partial charge in [0.05, 0.1) is 12.1 Å². The number of anilines is 1. The maximum Gasteiger partial charge on any atom is 0.253 e. The molecule has 1 aromatic rings. The van der Waals surface area contributed by atoms with Gasteiger partial charge in [-0.15, -0.1) is 0 Å². The Labute approximate surface area is 104 Å². The van der Waals surface area contributed by atoms with Crippen molar-refractivity contribution in [2.24, 2.45) is 0 Å². The second-order valence-electron chi connectivity index (χ2n) is 3.37. The van der Waals surface area contributed by atoms with Crippen LogP contribution in [0.25, 0.3) is 0 Å². The van der Waals surface area contributed by atoms with Crippen LogP contribution in [0.15, 0.2) is 18.2 Å². The van der Waals surface area contributed by atoms with Gasteiger partial charge in [-0.2, -0.15) is 0 Å². The summed E-state index contributed by atoms with van der Waals surface area (Å²) in [4.78, 5) is 22.8. The highest BCUT2D eigenvalue weighted by Crippen LogP contribution is 2.17. The molecular weight excluding hydrogens is 242 g/mol. The summed E-state index contributed by atoms with van der Waals surface area (Å²) in [6.45, 7) is 2.25. The first-order valence-electron chi connectivity index (χ1n) is 5.14. The fourth-order valence-electron chi connectivity index (χ4n) is 1.26.